The Kier molecular flexibility index (Phi) is 3.71. The number of hydrogen-bond donors (Lipinski definition) is 1. The number of carbonyl (C=O) groups excluding carboxylic acids is 1. The summed E-state index contributed by atoms with van der Waals surface area (Å²) in [6.45, 7) is 0. The summed E-state index contributed by atoms with van der Waals surface area (Å²) in [5.41, 5.74) is 2.61. The van der Waals surface area contributed by atoms with Crippen LogP contribution in [0.3, 0.4) is 0 Å². The number of fused-ring (bicyclic) bond motifs is 1. The number of hydrogen-bond acceptors (Lipinski definition) is 4. The number of aryl methyl sites for hydroxylation is 1. The molecule has 0 radical (unpaired) electrons. The van der Waals surface area contributed by atoms with Gasteiger partial charge in [-0.05, 0) is 18.9 Å². The molecule has 1 N–H and O–H groups in total. The SMILES string of the molecule is O=C(NC1CCCc2occc21)c1csc(-c2ccccc2)n1. The zero-order valence-electron chi connectivity index (χ0n) is 12.5. The van der Waals surface area contributed by atoms with Gasteiger partial charge in [0.2, 0.25) is 0 Å². The second-order valence-corrected chi connectivity index (χ2v) is 6.48. The van der Waals surface area contributed by atoms with Crippen molar-refractivity contribution < 1.29 is 9.21 Å². The van der Waals surface area contributed by atoms with Crippen LogP contribution in [0, 0.1) is 0 Å². The number of thiazole rings is 1. The van der Waals surface area contributed by atoms with Gasteiger partial charge in [-0.2, -0.15) is 0 Å². The first-order chi connectivity index (χ1) is 11.3. The Bertz CT molecular complexity index is 822. The summed E-state index contributed by atoms with van der Waals surface area (Å²) in [4.78, 5) is 17.0. The molecule has 1 atom stereocenters. The van der Waals surface area contributed by atoms with Crippen molar-refractivity contribution in [1.82, 2.24) is 10.3 Å². The quantitative estimate of drug-likeness (QED) is 0.785. The molecule has 1 aliphatic carbocycles. The number of aromatic nitrogens is 1. The number of carbonyl (C=O) groups is 1. The molecule has 5 heteroatoms. The third-order valence-corrected chi connectivity index (χ3v) is 5.01. The van der Waals surface area contributed by atoms with Crippen LogP contribution in [0.1, 0.15) is 40.7 Å². The first-order valence-corrected chi connectivity index (χ1v) is 8.57. The molecule has 4 rings (SSSR count). The maximum atomic E-state index is 12.5. The van der Waals surface area contributed by atoms with E-state index in [0.29, 0.717) is 5.69 Å². The highest BCUT2D eigenvalue weighted by molar-refractivity contribution is 7.13. The fraction of sp³-hybridized carbons (Fsp3) is 0.222. The van der Waals surface area contributed by atoms with Crippen molar-refractivity contribution >= 4 is 17.2 Å². The first-order valence-electron chi connectivity index (χ1n) is 7.69. The molecule has 3 aromatic rings. The van der Waals surface area contributed by atoms with Crippen molar-refractivity contribution in [2.75, 3.05) is 0 Å². The zero-order valence-corrected chi connectivity index (χ0v) is 13.3. The van der Waals surface area contributed by atoms with Gasteiger partial charge in [0.05, 0.1) is 12.3 Å². The summed E-state index contributed by atoms with van der Waals surface area (Å²) in [6.07, 6.45) is 4.61. The molecule has 4 nitrogen and oxygen atoms in total. The van der Waals surface area contributed by atoms with E-state index in [-0.39, 0.29) is 11.9 Å². The van der Waals surface area contributed by atoms with Crippen LogP contribution in [-0.4, -0.2) is 10.9 Å². The lowest BCUT2D eigenvalue weighted by atomic mass is 9.93. The number of furan rings is 1. The number of rotatable bonds is 3. The van der Waals surface area contributed by atoms with Gasteiger partial charge < -0.3 is 9.73 Å². The fourth-order valence-corrected chi connectivity index (χ4v) is 3.77. The third-order valence-electron chi connectivity index (χ3n) is 4.11. The van der Waals surface area contributed by atoms with Crippen LogP contribution in [0.2, 0.25) is 0 Å². The maximum absolute atomic E-state index is 12.5. The molecular formula is C18H16N2O2S. The van der Waals surface area contributed by atoms with Gasteiger partial charge >= 0.3 is 0 Å². The molecule has 0 bridgehead atoms. The molecule has 0 saturated heterocycles. The van der Waals surface area contributed by atoms with Crippen molar-refractivity contribution in [2.24, 2.45) is 0 Å². The van der Waals surface area contributed by atoms with E-state index in [4.69, 9.17) is 4.42 Å². The van der Waals surface area contributed by atoms with E-state index in [9.17, 15) is 4.79 Å². The van der Waals surface area contributed by atoms with Gasteiger partial charge in [0, 0.05) is 22.9 Å². The van der Waals surface area contributed by atoms with Crippen molar-refractivity contribution in [1.29, 1.82) is 0 Å². The Morgan fingerprint density at radius 3 is 3.00 bits per heavy atom. The predicted octanol–water partition coefficient (Wildman–Crippen LogP) is 4.21. The lowest BCUT2D eigenvalue weighted by Crippen LogP contribution is -2.30. The molecule has 1 aliphatic rings. The van der Waals surface area contributed by atoms with Crippen molar-refractivity contribution in [3.63, 3.8) is 0 Å². The standard InChI is InChI=1S/C18H16N2O2S/c21-17(19-14-7-4-8-16-13(14)9-10-22-16)15-11-23-18(20-15)12-5-2-1-3-6-12/h1-3,5-6,9-11,14H,4,7-8H2,(H,19,21). The summed E-state index contributed by atoms with van der Waals surface area (Å²) in [6, 6.07) is 11.9. The number of nitrogens with one attached hydrogen (secondary N) is 1. The van der Waals surface area contributed by atoms with Crippen molar-refractivity contribution in [2.45, 2.75) is 25.3 Å². The zero-order chi connectivity index (χ0) is 15.6. The van der Waals surface area contributed by atoms with Gasteiger partial charge in [-0.1, -0.05) is 30.3 Å². The van der Waals surface area contributed by atoms with Crippen LogP contribution in [0.25, 0.3) is 10.6 Å². The second kappa shape index (κ2) is 6.01. The van der Waals surface area contributed by atoms with Crippen molar-refractivity contribution in [3.05, 3.63) is 65.1 Å². The Labute approximate surface area is 138 Å². The van der Waals surface area contributed by atoms with Gasteiger partial charge in [-0.3, -0.25) is 4.79 Å². The topological polar surface area (TPSA) is 55.1 Å². The van der Waals surface area contributed by atoms with E-state index in [2.05, 4.69) is 10.3 Å². The molecule has 0 saturated carbocycles. The Hall–Kier alpha value is -2.40. The van der Waals surface area contributed by atoms with E-state index >= 15 is 0 Å². The molecule has 2 aromatic heterocycles. The summed E-state index contributed by atoms with van der Waals surface area (Å²) >= 11 is 1.49. The molecule has 116 valence electrons. The highest BCUT2D eigenvalue weighted by Gasteiger charge is 2.25. The largest absolute Gasteiger partial charge is 0.469 e. The molecule has 0 aliphatic heterocycles. The molecule has 1 unspecified atom stereocenters. The van der Waals surface area contributed by atoms with Crippen LogP contribution in [-0.2, 0) is 6.42 Å². The normalized spacial score (nSPS) is 16.8. The van der Waals surface area contributed by atoms with E-state index in [0.717, 1.165) is 41.2 Å². The number of nitrogens with zero attached hydrogens (tertiary/aromatic N) is 1. The second-order valence-electron chi connectivity index (χ2n) is 5.62. The van der Waals surface area contributed by atoms with Crippen LogP contribution in [0.15, 0.2) is 52.5 Å². The molecule has 1 aromatic carbocycles. The Morgan fingerprint density at radius 2 is 2.13 bits per heavy atom. The average Bonchev–Trinajstić information content (AvgIpc) is 3.25. The molecule has 23 heavy (non-hydrogen) atoms. The summed E-state index contributed by atoms with van der Waals surface area (Å²) < 4.78 is 5.47. The van der Waals surface area contributed by atoms with Crippen molar-refractivity contribution in [3.8, 4) is 10.6 Å². The number of amides is 1. The number of benzene rings is 1. The van der Waals surface area contributed by atoms with Crippen LogP contribution >= 0.6 is 11.3 Å². The smallest absolute Gasteiger partial charge is 0.271 e. The Balaban J connectivity index is 1.52. The van der Waals surface area contributed by atoms with E-state index in [1.807, 2.05) is 41.8 Å². The summed E-state index contributed by atoms with van der Waals surface area (Å²) in [5, 5.41) is 5.77. The molecule has 0 spiro atoms. The van der Waals surface area contributed by atoms with Gasteiger partial charge in [0.1, 0.15) is 16.5 Å². The lowest BCUT2D eigenvalue weighted by Gasteiger charge is -2.22. The van der Waals surface area contributed by atoms with Crippen LogP contribution < -0.4 is 5.32 Å². The maximum Gasteiger partial charge on any atom is 0.271 e. The van der Waals surface area contributed by atoms with Gasteiger partial charge in [-0.15, -0.1) is 11.3 Å². The Morgan fingerprint density at radius 1 is 1.26 bits per heavy atom. The van der Waals surface area contributed by atoms with Gasteiger partial charge in [0.15, 0.2) is 0 Å². The van der Waals surface area contributed by atoms with Gasteiger partial charge in [-0.25, -0.2) is 4.98 Å². The summed E-state index contributed by atoms with van der Waals surface area (Å²) in [5.74, 6) is 0.868. The highest BCUT2D eigenvalue weighted by Crippen LogP contribution is 2.31. The van der Waals surface area contributed by atoms with E-state index in [1.165, 1.54) is 11.3 Å². The summed E-state index contributed by atoms with van der Waals surface area (Å²) in [7, 11) is 0. The molecule has 2 heterocycles. The molecular weight excluding hydrogens is 308 g/mol. The van der Waals surface area contributed by atoms with Crippen LogP contribution in [0.5, 0.6) is 0 Å². The van der Waals surface area contributed by atoms with E-state index < -0.39 is 0 Å². The van der Waals surface area contributed by atoms with E-state index in [1.54, 1.807) is 6.26 Å². The minimum Gasteiger partial charge on any atom is -0.469 e. The molecule has 0 fully saturated rings. The average molecular weight is 324 g/mol. The third kappa shape index (κ3) is 2.80. The lowest BCUT2D eigenvalue weighted by molar-refractivity contribution is 0.0928. The van der Waals surface area contributed by atoms with Gasteiger partial charge in [0.25, 0.3) is 5.91 Å². The first kappa shape index (κ1) is 14.2. The minimum atomic E-state index is -0.123. The minimum absolute atomic E-state index is 0.0203. The molecule has 1 amide bonds. The fourth-order valence-electron chi connectivity index (χ4n) is 2.96. The van der Waals surface area contributed by atoms with Crippen LogP contribution in [0.4, 0.5) is 0 Å². The monoisotopic (exact) mass is 324 g/mol. The predicted molar refractivity (Wildman–Crippen MR) is 89.4 cm³/mol. The highest BCUT2D eigenvalue weighted by atomic mass is 32.1.